The average Bonchev–Trinajstić information content (AvgIpc) is 3.09. The zero-order valence-electron chi connectivity index (χ0n) is 12.2. The molecule has 5 heteroatoms. The fraction of sp³-hybridized carbons (Fsp3) is 0.600. The van der Waals surface area contributed by atoms with E-state index in [1.165, 1.54) is 6.42 Å². The molecule has 2 aliphatic rings. The van der Waals surface area contributed by atoms with E-state index in [9.17, 15) is 0 Å². The SMILES string of the molecule is CC(C)Oc1cncc(N2CCC(N3CC=CC3)C2)n1. The molecule has 0 aromatic carbocycles. The topological polar surface area (TPSA) is 41.5 Å². The van der Waals surface area contributed by atoms with Gasteiger partial charge in [-0.05, 0) is 20.3 Å². The van der Waals surface area contributed by atoms with Crippen LogP contribution in [0.3, 0.4) is 0 Å². The molecular formula is C15H22N4O. The lowest BCUT2D eigenvalue weighted by Crippen LogP contribution is -2.35. The Morgan fingerprint density at radius 1 is 1.25 bits per heavy atom. The smallest absolute Gasteiger partial charge is 0.234 e. The largest absolute Gasteiger partial charge is 0.474 e. The molecular weight excluding hydrogens is 252 g/mol. The van der Waals surface area contributed by atoms with Crippen molar-refractivity contribution in [3.63, 3.8) is 0 Å². The lowest BCUT2D eigenvalue weighted by atomic mass is 10.2. The van der Waals surface area contributed by atoms with E-state index in [-0.39, 0.29) is 6.10 Å². The van der Waals surface area contributed by atoms with Gasteiger partial charge in [0.15, 0.2) is 5.82 Å². The summed E-state index contributed by atoms with van der Waals surface area (Å²) >= 11 is 0. The van der Waals surface area contributed by atoms with E-state index < -0.39 is 0 Å². The van der Waals surface area contributed by atoms with Gasteiger partial charge in [-0.15, -0.1) is 0 Å². The van der Waals surface area contributed by atoms with Gasteiger partial charge in [0.2, 0.25) is 5.88 Å². The monoisotopic (exact) mass is 274 g/mol. The third kappa shape index (κ3) is 2.93. The van der Waals surface area contributed by atoms with Gasteiger partial charge in [0.05, 0.1) is 18.5 Å². The molecule has 5 nitrogen and oxygen atoms in total. The molecule has 1 fully saturated rings. The van der Waals surface area contributed by atoms with Crippen LogP contribution in [0.4, 0.5) is 5.82 Å². The molecule has 0 aliphatic carbocycles. The Bertz CT molecular complexity index is 481. The summed E-state index contributed by atoms with van der Waals surface area (Å²) < 4.78 is 5.62. The summed E-state index contributed by atoms with van der Waals surface area (Å²) in [6, 6.07) is 0.626. The van der Waals surface area contributed by atoms with Crippen molar-refractivity contribution >= 4 is 5.82 Å². The minimum Gasteiger partial charge on any atom is -0.474 e. The molecule has 1 unspecified atom stereocenters. The fourth-order valence-electron chi connectivity index (χ4n) is 2.83. The first-order valence-corrected chi connectivity index (χ1v) is 7.35. The van der Waals surface area contributed by atoms with E-state index in [1.807, 2.05) is 20.0 Å². The summed E-state index contributed by atoms with van der Waals surface area (Å²) in [5, 5.41) is 0. The Balaban J connectivity index is 1.64. The summed E-state index contributed by atoms with van der Waals surface area (Å²) in [4.78, 5) is 13.6. The summed E-state index contributed by atoms with van der Waals surface area (Å²) in [5.41, 5.74) is 0. The van der Waals surface area contributed by atoms with Gasteiger partial charge in [0.25, 0.3) is 0 Å². The van der Waals surface area contributed by atoms with Crippen LogP contribution in [0.1, 0.15) is 20.3 Å². The molecule has 108 valence electrons. The Morgan fingerprint density at radius 2 is 2.05 bits per heavy atom. The number of hydrogen-bond donors (Lipinski definition) is 0. The predicted molar refractivity (Wildman–Crippen MR) is 79.1 cm³/mol. The van der Waals surface area contributed by atoms with E-state index in [2.05, 4.69) is 31.9 Å². The van der Waals surface area contributed by atoms with Crippen LogP contribution in [-0.2, 0) is 0 Å². The second-order valence-corrected chi connectivity index (χ2v) is 5.70. The highest BCUT2D eigenvalue weighted by atomic mass is 16.5. The van der Waals surface area contributed by atoms with Crippen LogP contribution in [0.5, 0.6) is 5.88 Å². The summed E-state index contributed by atoms with van der Waals surface area (Å²) in [7, 11) is 0. The fourth-order valence-corrected chi connectivity index (χ4v) is 2.83. The van der Waals surface area contributed by atoms with Crippen LogP contribution < -0.4 is 9.64 Å². The standard InChI is InChI=1S/C15H22N4O/c1-12(2)20-15-10-16-9-14(17-15)19-8-5-13(11-19)18-6-3-4-7-18/h3-4,9-10,12-13H,5-8,11H2,1-2H3. The van der Waals surface area contributed by atoms with Gasteiger partial charge in [-0.3, -0.25) is 9.88 Å². The van der Waals surface area contributed by atoms with E-state index in [4.69, 9.17) is 4.74 Å². The Hall–Kier alpha value is -1.62. The van der Waals surface area contributed by atoms with Gasteiger partial charge in [0, 0.05) is 32.2 Å². The van der Waals surface area contributed by atoms with Gasteiger partial charge >= 0.3 is 0 Å². The second-order valence-electron chi connectivity index (χ2n) is 5.70. The van der Waals surface area contributed by atoms with Crippen molar-refractivity contribution in [2.24, 2.45) is 0 Å². The molecule has 20 heavy (non-hydrogen) atoms. The molecule has 0 bridgehead atoms. The van der Waals surface area contributed by atoms with Gasteiger partial charge in [0.1, 0.15) is 0 Å². The highest BCUT2D eigenvalue weighted by Crippen LogP contribution is 2.23. The maximum atomic E-state index is 5.62. The number of rotatable bonds is 4. The molecule has 0 radical (unpaired) electrons. The van der Waals surface area contributed by atoms with Crippen molar-refractivity contribution in [2.45, 2.75) is 32.4 Å². The normalized spacial score (nSPS) is 22.9. The van der Waals surface area contributed by atoms with E-state index in [0.29, 0.717) is 11.9 Å². The second kappa shape index (κ2) is 5.79. The lowest BCUT2D eigenvalue weighted by Gasteiger charge is -2.24. The number of hydrogen-bond acceptors (Lipinski definition) is 5. The maximum Gasteiger partial charge on any atom is 0.234 e. The molecule has 0 amide bonds. The van der Waals surface area contributed by atoms with Gasteiger partial charge in [-0.1, -0.05) is 12.2 Å². The summed E-state index contributed by atoms with van der Waals surface area (Å²) in [5.74, 6) is 1.54. The Kier molecular flexibility index (Phi) is 3.87. The van der Waals surface area contributed by atoms with Crippen molar-refractivity contribution in [3.8, 4) is 5.88 Å². The molecule has 2 aliphatic heterocycles. The molecule has 1 atom stereocenters. The molecule has 3 heterocycles. The van der Waals surface area contributed by atoms with Crippen LogP contribution >= 0.6 is 0 Å². The van der Waals surface area contributed by atoms with E-state index in [0.717, 1.165) is 32.0 Å². The maximum absolute atomic E-state index is 5.62. The minimum absolute atomic E-state index is 0.126. The first-order valence-electron chi connectivity index (χ1n) is 7.35. The average molecular weight is 274 g/mol. The van der Waals surface area contributed by atoms with Crippen molar-refractivity contribution in [2.75, 3.05) is 31.1 Å². The Morgan fingerprint density at radius 3 is 2.80 bits per heavy atom. The van der Waals surface area contributed by atoms with Crippen LogP contribution in [0.2, 0.25) is 0 Å². The number of anilines is 1. The number of nitrogens with zero attached hydrogens (tertiary/aromatic N) is 4. The van der Waals surface area contributed by atoms with Crippen LogP contribution in [-0.4, -0.2) is 53.2 Å². The van der Waals surface area contributed by atoms with Crippen LogP contribution in [0.15, 0.2) is 24.5 Å². The first kappa shape index (κ1) is 13.4. The van der Waals surface area contributed by atoms with Crippen LogP contribution in [0, 0.1) is 0 Å². The minimum atomic E-state index is 0.126. The Labute approximate surface area is 120 Å². The van der Waals surface area contributed by atoms with E-state index in [1.54, 1.807) is 6.20 Å². The van der Waals surface area contributed by atoms with Crippen molar-refractivity contribution in [1.29, 1.82) is 0 Å². The summed E-state index contributed by atoms with van der Waals surface area (Å²) in [6.07, 6.45) is 9.33. The number of ether oxygens (including phenoxy) is 1. The molecule has 1 saturated heterocycles. The molecule has 0 spiro atoms. The molecule has 0 saturated carbocycles. The van der Waals surface area contributed by atoms with Gasteiger partial charge in [-0.25, -0.2) is 0 Å². The van der Waals surface area contributed by atoms with Crippen molar-refractivity contribution < 1.29 is 4.74 Å². The van der Waals surface area contributed by atoms with Gasteiger partial charge in [-0.2, -0.15) is 4.98 Å². The third-order valence-electron chi connectivity index (χ3n) is 3.81. The third-order valence-corrected chi connectivity index (χ3v) is 3.81. The first-order chi connectivity index (χ1) is 9.72. The highest BCUT2D eigenvalue weighted by molar-refractivity contribution is 5.39. The lowest BCUT2D eigenvalue weighted by molar-refractivity contribution is 0.231. The van der Waals surface area contributed by atoms with E-state index >= 15 is 0 Å². The van der Waals surface area contributed by atoms with Crippen molar-refractivity contribution in [3.05, 3.63) is 24.5 Å². The van der Waals surface area contributed by atoms with Crippen molar-refractivity contribution in [1.82, 2.24) is 14.9 Å². The molecule has 0 N–H and O–H groups in total. The van der Waals surface area contributed by atoms with Crippen LogP contribution in [0.25, 0.3) is 0 Å². The molecule has 1 aromatic rings. The molecule has 3 rings (SSSR count). The predicted octanol–water partition coefficient (Wildman–Crippen LogP) is 1.71. The zero-order valence-corrected chi connectivity index (χ0v) is 12.2. The van der Waals surface area contributed by atoms with Gasteiger partial charge < -0.3 is 9.64 Å². The summed E-state index contributed by atoms with van der Waals surface area (Å²) in [6.45, 7) is 8.24. The quantitative estimate of drug-likeness (QED) is 0.782. The zero-order chi connectivity index (χ0) is 13.9. The number of aromatic nitrogens is 2. The molecule has 1 aromatic heterocycles. The highest BCUT2D eigenvalue weighted by Gasteiger charge is 2.28.